The van der Waals surface area contributed by atoms with Crippen LogP contribution in [0.15, 0.2) is 90.1 Å². The summed E-state index contributed by atoms with van der Waals surface area (Å²) in [5.41, 5.74) is 2.09. The van der Waals surface area contributed by atoms with Gasteiger partial charge in [-0.2, -0.15) is 0 Å². The third-order valence-corrected chi connectivity index (χ3v) is 6.80. The van der Waals surface area contributed by atoms with E-state index in [1.165, 1.54) is 23.9 Å². The van der Waals surface area contributed by atoms with Crippen LogP contribution in [0.3, 0.4) is 0 Å². The first-order valence-corrected chi connectivity index (χ1v) is 11.9. The fourth-order valence-corrected chi connectivity index (χ4v) is 5.04. The number of halogens is 1. The number of hydrogen-bond acceptors (Lipinski definition) is 6. The minimum Gasteiger partial charge on any atom is -0.378 e. The Labute approximate surface area is 201 Å². The standard InChI is InChI=1S/C26H23FN4O2S/c27-21-12-7-13-22(18-21)31-25(30-14-16-33-17-15-30)28-29-26(31)34-24(20-10-5-2-6-11-20)23(32)19-8-3-1-4-9-19/h1-13,18,24H,14-17H2. The number of morpholine rings is 1. The molecule has 8 heteroatoms. The Morgan fingerprint density at radius 1 is 0.912 bits per heavy atom. The summed E-state index contributed by atoms with van der Waals surface area (Å²) in [5.74, 6) is 0.226. The fourth-order valence-electron chi connectivity index (χ4n) is 3.91. The number of nitrogens with zero attached hydrogens (tertiary/aromatic N) is 4. The summed E-state index contributed by atoms with van der Waals surface area (Å²) in [7, 11) is 0. The molecule has 0 N–H and O–H groups in total. The number of Topliss-reactive ketones (excluding diaryl/α,β-unsaturated/α-hetero) is 1. The van der Waals surface area contributed by atoms with Crippen LogP contribution in [0.1, 0.15) is 21.2 Å². The van der Waals surface area contributed by atoms with Crippen molar-refractivity contribution in [3.63, 3.8) is 0 Å². The molecule has 172 valence electrons. The van der Waals surface area contributed by atoms with Gasteiger partial charge < -0.3 is 9.64 Å². The highest BCUT2D eigenvalue weighted by atomic mass is 32.2. The van der Waals surface area contributed by atoms with Crippen molar-refractivity contribution in [1.29, 1.82) is 0 Å². The average Bonchev–Trinajstić information content (AvgIpc) is 3.32. The maximum absolute atomic E-state index is 14.2. The van der Waals surface area contributed by atoms with Crippen molar-refractivity contribution in [2.75, 3.05) is 31.2 Å². The molecule has 2 heterocycles. The Bertz CT molecular complexity index is 1260. The van der Waals surface area contributed by atoms with Gasteiger partial charge in [-0.05, 0) is 23.8 Å². The van der Waals surface area contributed by atoms with Gasteiger partial charge in [0, 0.05) is 18.7 Å². The van der Waals surface area contributed by atoms with Crippen molar-refractivity contribution in [3.8, 4) is 5.69 Å². The van der Waals surface area contributed by atoms with Crippen molar-refractivity contribution < 1.29 is 13.9 Å². The van der Waals surface area contributed by atoms with Crippen LogP contribution < -0.4 is 4.90 Å². The van der Waals surface area contributed by atoms with Gasteiger partial charge >= 0.3 is 0 Å². The maximum Gasteiger partial charge on any atom is 0.232 e. The van der Waals surface area contributed by atoms with Crippen LogP contribution in [-0.4, -0.2) is 46.9 Å². The number of benzene rings is 3. The highest BCUT2D eigenvalue weighted by Gasteiger charge is 2.28. The maximum atomic E-state index is 14.2. The molecule has 0 amide bonds. The van der Waals surface area contributed by atoms with E-state index in [4.69, 9.17) is 4.74 Å². The highest BCUT2D eigenvalue weighted by Crippen LogP contribution is 2.39. The summed E-state index contributed by atoms with van der Waals surface area (Å²) in [6, 6.07) is 25.2. The molecule has 1 aliphatic rings. The van der Waals surface area contributed by atoms with Crippen LogP contribution in [0.5, 0.6) is 0 Å². The van der Waals surface area contributed by atoms with E-state index in [0.717, 1.165) is 5.56 Å². The van der Waals surface area contributed by atoms with Crippen molar-refractivity contribution in [2.24, 2.45) is 0 Å². The molecule has 0 saturated carbocycles. The third kappa shape index (κ3) is 4.73. The first kappa shape index (κ1) is 22.3. The number of aromatic nitrogens is 3. The second kappa shape index (κ2) is 10.2. The monoisotopic (exact) mass is 474 g/mol. The number of hydrogen-bond donors (Lipinski definition) is 0. The fraction of sp³-hybridized carbons (Fsp3) is 0.192. The first-order chi connectivity index (χ1) is 16.7. The lowest BCUT2D eigenvalue weighted by Crippen LogP contribution is -2.37. The normalized spacial score (nSPS) is 14.7. The van der Waals surface area contributed by atoms with Gasteiger partial charge in [-0.3, -0.25) is 9.36 Å². The first-order valence-electron chi connectivity index (χ1n) is 11.1. The van der Waals surface area contributed by atoms with Gasteiger partial charge in [-0.1, -0.05) is 78.5 Å². The summed E-state index contributed by atoms with van der Waals surface area (Å²) in [5, 5.41) is 8.89. The van der Waals surface area contributed by atoms with Crippen LogP contribution in [0, 0.1) is 5.82 Å². The van der Waals surface area contributed by atoms with Gasteiger partial charge in [0.15, 0.2) is 10.9 Å². The smallest absolute Gasteiger partial charge is 0.232 e. The molecular formula is C26H23FN4O2S. The molecule has 1 saturated heterocycles. The summed E-state index contributed by atoms with van der Waals surface area (Å²) < 4.78 is 21.5. The van der Waals surface area contributed by atoms with E-state index in [2.05, 4.69) is 15.1 Å². The lowest BCUT2D eigenvalue weighted by molar-refractivity contribution is 0.0989. The molecule has 5 rings (SSSR count). The zero-order valence-corrected chi connectivity index (χ0v) is 19.2. The Hall–Kier alpha value is -3.49. The van der Waals surface area contributed by atoms with Crippen LogP contribution in [0.2, 0.25) is 0 Å². The zero-order valence-electron chi connectivity index (χ0n) is 18.4. The van der Waals surface area contributed by atoms with E-state index in [1.807, 2.05) is 71.3 Å². The van der Waals surface area contributed by atoms with E-state index in [1.54, 1.807) is 6.07 Å². The van der Waals surface area contributed by atoms with Gasteiger partial charge in [0.2, 0.25) is 5.95 Å². The number of carbonyl (C=O) groups is 1. The van der Waals surface area contributed by atoms with Gasteiger partial charge in [-0.15, -0.1) is 10.2 Å². The van der Waals surface area contributed by atoms with Crippen molar-refractivity contribution in [1.82, 2.24) is 14.8 Å². The second-order valence-electron chi connectivity index (χ2n) is 7.84. The molecule has 34 heavy (non-hydrogen) atoms. The number of ether oxygens (including phenoxy) is 1. The summed E-state index contributed by atoms with van der Waals surface area (Å²) in [6.45, 7) is 2.47. The minimum atomic E-state index is -0.544. The SMILES string of the molecule is O=C(c1ccccc1)C(Sc1nnc(N2CCOCC2)n1-c1cccc(F)c1)c1ccccc1. The number of thioether (sulfide) groups is 1. The highest BCUT2D eigenvalue weighted by molar-refractivity contribution is 8.00. The number of anilines is 1. The summed E-state index contributed by atoms with van der Waals surface area (Å²) in [6.07, 6.45) is 0. The van der Waals surface area contributed by atoms with E-state index < -0.39 is 5.25 Å². The van der Waals surface area contributed by atoms with Gasteiger partial charge in [-0.25, -0.2) is 4.39 Å². The molecule has 0 aliphatic carbocycles. The minimum absolute atomic E-state index is 0.0292. The number of rotatable bonds is 7. The number of carbonyl (C=O) groups excluding carboxylic acids is 1. The van der Waals surface area contributed by atoms with E-state index in [-0.39, 0.29) is 11.6 Å². The molecule has 1 fully saturated rings. The van der Waals surface area contributed by atoms with Gasteiger partial charge in [0.25, 0.3) is 0 Å². The molecule has 3 aromatic carbocycles. The Morgan fingerprint density at radius 3 is 2.32 bits per heavy atom. The topological polar surface area (TPSA) is 60.3 Å². The third-order valence-electron chi connectivity index (χ3n) is 5.60. The van der Waals surface area contributed by atoms with Crippen molar-refractivity contribution >= 4 is 23.5 Å². The van der Waals surface area contributed by atoms with E-state index in [0.29, 0.717) is 48.7 Å². The Balaban J connectivity index is 1.58. The molecule has 1 aromatic heterocycles. The lowest BCUT2D eigenvalue weighted by atomic mass is 10.0. The predicted molar refractivity (Wildman–Crippen MR) is 130 cm³/mol. The van der Waals surface area contributed by atoms with Crippen molar-refractivity contribution in [3.05, 3.63) is 102 Å². The second-order valence-corrected chi connectivity index (χ2v) is 8.91. The quantitative estimate of drug-likeness (QED) is 0.279. The molecule has 0 radical (unpaired) electrons. The van der Waals surface area contributed by atoms with E-state index >= 15 is 0 Å². The molecule has 0 bridgehead atoms. The van der Waals surface area contributed by atoms with E-state index in [9.17, 15) is 9.18 Å². The molecular weight excluding hydrogens is 451 g/mol. The summed E-state index contributed by atoms with van der Waals surface area (Å²) in [4.78, 5) is 15.7. The van der Waals surface area contributed by atoms with Crippen LogP contribution in [0.25, 0.3) is 5.69 Å². The largest absolute Gasteiger partial charge is 0.378 e. The van der Waals surface area contributed by atoms with Crippen molar-refractivity contribution in [2.45, 2.75) is 10.4 Å². The van der Waals surface area contributed by atoms with Gasteiger partial charge in [0.05, 0.1) is 18.9 Å². The predicted octanol–water partition coefficient (Wildman–Crippen LogP) is 4.96. The van der Waals surface area contributed by atoms with Crippen LogP contribution in [0.4, 0.5) is 10.3 Å². The molecule has 1 aliphatic heterocycles. The molecule has 1 unspecified atom stereocenters. The number of ketones is 1. The molecule has 1 atom stereocenters. The molecule has 4 aromatic rings. The Kier molecular flexibility index (Phi) is 6.69. The average molecular weight is 475 g/mol. The molecule has 0 spiro atoms. The molecule has 6 nitrogen and oxygen atoms in total. The lowest BCUT2D eigenvalue weighted by Gasteiger charge is -2.28. The summed E-state index contributed by atoms with van der Waals surface area (Å²) >= 11 is 1.32. The zero-order chi connectivity index (χ0) is 23.3. The van der Waals surface area contributed by atoms with Gasteiger partial charge in [0.1, 0.15) is 11.1 Å². The van der Waals surface area contributed by atoms with Crippen LogP contribution >= 0.6 is 11.8 Å². The van der Waals surface area contributed by atoms with Crippen LogP contribution in [-0.2, 0) is 4.74 Å². The Morgan fingerprint density at radius 2 is 1.62 bits per heavy atom.